The van der Waals surface area contributed by atoms with Crippen LogP contribution in [0.2, 0.25) is 0 Å². The summed E-state index contributed by atoms with van der Waals surface area (Å²) < 4.78 is 36.4. The number of nitrogens with one attached hydrogen (secondary N) is 2. The van der Waals surface area contributed by atoms with E-state index in [9.17, 15) is 13.2 Å². The van der Waals surface area contributed by atoms with Gasteiger partial charge in [0.15, 0.2) is 5.96 Å². The summed E-state index contributed by atoms with van der Waals surface area (Å²) in [5.74, 6) is 1.39. The molecule has 0 rings (SSSR count). The van der Waals surface area contributed by atoms with Gasteiger partial charge in [-0.2, -0.15) is 13.2 Å². The Balaban J connectivity index is 0. The van der Waals surface area contributed by atoms with E-state index in [1.807, 2.05) is 0 Å². The summed E-state index contributed by atoms with van der Waals surface area (Å²) in [5.41, 5.74) is 0. The second-order valence-electron chi connectivity index (χ2n) is 5.67. The number of hydrogen-bond acceptors (Lipinski definition) is 2. The Morgan fingerprint density at radius 3 is 2.14 bits per heavy atom. The average Bonchev–Trinajstić information content (AvgIpc) is 2.34. The van der Waals surface area contributed by atoms with Crippen LogP contribution < -0.4 is 10.6 Å². The van der Waals surface area contributed by atoms with Crippen molar-refractivity contribution in [3.05, 3.63) is 0 Å². The topological polar surface area (TPSA) is 39.7 Å². The molecule has 0 aliphatic rings. The molecule has 134 valence electrons. The first kappa shape index (κ1) is 24.0. The minimum absolute atomic E-state index is 0. The quantitative estimate of drug-likeness (QED) is 0.252. The third-order valence-corrected chi connectivity index (χ3v) is 2.93. The van der Waals surface area contributed by atoms with E-state index in [-0.39, 0.29) is 24.0 Å². The maximum atomic E-state index is 12.1. The van der Waals surface area contributed by atoms with Gasteiger partial charge in [-0.05, 0) is 38.8 Å². The zero-order chi connectivity index (χ0) is 16.3. The molecular weight excluding hydrogens is 408 g/mol. The molecule has 0 spiro atoms. The molecule has 22 heavy (non-hydrogen) atoms. The maximum Gasteiger partial charge on any atom is 0.401 e. The van der Waals surface area contributed by atoms with Crippen LogP contribution in [0.5, 0.6) is 0 Å². The van der Waals surface area contributed by atoms with Crippen molar-refractivity contribution in [1.29, 1.82) is 0 Å². The van der Waals surface area contributed by atoms with E-state index >= 15 is 0 Å². The van der Waals surface area contributed by atoms with Crippen LogP contribution in [0, 0.1) is 5.92 Å². The molecule has 2 N–H and O–H groups in total. The van der Waals surface area contributed by atoms with E-state index < -0.39 is 12.7 Å². The standard InChI is InChI=1S/C14H29F3N4.HI/c1-12(2)7-5-8-19-13(18-3)20-9-6-10-21(4)11-14(15,16)17;/h12H,5-11H2,1-4H3,(H2,18,19,20);1H. The normalized spacial score (nSPS) is 12.5. The van der Waals surface area contributed by atoms with E-state index in [4.69, 9.17) is 0 Å². The number of rotatable bonds is 9. The van der Waals surface area contributed by atoms with E-state index in [1.165, 1.54) is 11.9 Å². The Bertz CT molecular complexity index is 296. The number of hydrogen-bond donors (Lipinski definition) is 2. The SMILES string of the molecule is CN=C(NCCCC(C)C)NCCCN(C)CC(F)(F)F.I. The fourth-order valence-electron chi connectivity index (χ4n) is 1.88. The van der Waals surface area contributed by atoms with Crippen molar-refractivity contribution in [1.82, 2.24) is 15.5 Å². The molecule has 0 bridgehead atoms. The Morgan fingerprint density at radius 1 is 1.14 bits per heavy atom. The van der Waals surface area contributed by atoms with Gasteiger partial charge in [-0.15, -0.1) is 24.0 Å². The van der Waals surface area contributed by atoms with E-state index in [0.29, 0.717) is 31.4 Å². The molecule has 0 aliphatic heterocycles. The van der Waals surface area contributed by atoms with E-state index in [1.54, 1.807) is 7.05 Å². The Kier molecular flexibility index (Phi) is 14.4. The van der Waals surface area contributed by atoms with Gasteiger partial charge >= 0.3 is 6.18 Å². The molecule has 0 saturated heterocycles. The summed E-state index contributed by atoms with van der Waals surface area (Å²) in [5, 5.41) is 6.30. The lowest BCUT2D eigenvalue weighted by atomic mass is 10.1. The third kappa shape index (κ3) is 16.1. The van der Waals surface area contributed by atoms with Gasteiger partial charge in [0.05, 0.1) is 6.54 Å². The van der Waals surface area contributed by atoms with Crippen molar-refractivity contribution in [2.24, 2.45) is 10.9 Å². The summed E-state index contributed by atoms with van der Waals surface area (Å²) >= 11 is 0. The van der Waals surface area contributed by atoms with Gasteiger partial charge in [0.25, 0.3) is 0 Å². The minimum atomic E-state index is -4.13. The van der Waals surface area contributed by atoms with Crippen LogP contribution >= 0.6 is 24.0 Å². The molecule has 0 atom stereocenters. The van der Waals surface area contributed by atoms with Gasteiger partial charge in [-0.3, -0.25) is 9.89 Å². The highest BCUT2D eigenvalue weighted by molar-refractivity contribution is 14.0. The fourth-order valence-corrected chi connectivity index (χ4v) is 1.88. The third-order valence-electron chi connectivity index (χ3n) is 2.93. The Morgan fingerprint density at radius 2 is 1.68 bits per heavy atom. The summed E-state index contributed by atoms with van der Waals surface area (Å²) in [6.07, 6.45) is -1.26. The Hall–Kier alpha value is -0.250. The number of aliphatic imine (C=N–C) groups is 1. The van der Waals surface area contributed by atoms with Crippen LogP contribution in [0.3, 0.4) is 0 Å². The van der Waals surface area contributed by atoms with Crippen LogP contribution in [0.15, 0.2) is 4.99 Å². The second-order valence-corrected chi connectivity index (χ2v) is 5.67. The first-order valence-corrected chi connectivity index (χ1v) is 7.44. The summed E-state index contributed by atoms with van der Waals surface area (Å²) in [4.78, 5) is 5.36. The monoisotopic (exact) mass is 438 g/mol. The van der Waals surface area contributed by atoms with E-state index in [2.05, 4.69) is 29.5 Å². The molecule has 0 aromatic heterocycles. The molecule has 4 nitrogen and oxygen atoms in total. The molecule has 0 fully saturated rings. The summed E-state index contributed by atoms with van der Waals surface area (Å²) in [7, 11) is 3.17. The Labute approximate surface area is 149 Å². The largest absolute Gasteiger partial charge is 0.401 e. The van der Waals surface area contributed by atoms with Crippen LogP contribution in [0.25, 0.3) is 0 Å². The lowest BCUT2D eigenvalue weighted by Gasteiger charge is -2.19. The highest BCUT2D eigenvalue weighted by Crippen LogP contribution is 2.15. The molecule has 0 unspecified atom stereocenters. The van der Waals surface area contributed by atoms with Gasteiger partial charge in [0, 0.05) is 20.1 Å². The molecular formula is C14H30F3IN4. The van der Waals surface area contributed by atoms with Crippen LogP contribution in [-0.2, 0) is 0 Å². The fraction of sp³-hybridized carbons (Fsp3) is 0.929. The van der Waals surface area contributed by atoms with Gasteiger partial charge < -0.3 is 10.6 Å². The molecule has 0 radical (unpaired) electrons. The summed E-state index contributed by atoms with van der Waals surface area (Å²) in [6, 6.07) is 0. The molecule has 0 aromatic carbocycles. The minimum Gasteiger partial charge on any atom is -0.356 e. The van der Waals surface area contributed by atoms with E-state index in [0.717, 1.165) is 19.4 Å². The zero-order valence-corrected chi connectivity index (χ0v) is 16.3. The first-order chi connectivity index (χ1) is 9.74. The molecule has 0 saturated carbocycles. The average molecular weight is 438 g/mol. The lowest BCUT2D eigenvalue weighted by molar-refractivity contribution is -0.143. The number of guanidine groups is 1. The highest BCUT2D eigenvalue weighted by Gasteiger charge is 2.28. The molecule has 0 aliphatic carbocycles. The lowest BCUT2D eigenvalue weighted by Crippen LogP contribution is -2.39. The van der Waals surface area contributed by atoms with Gasteiger partial charge in [0.1, 0.15) is 0 Å². The van der Waals surface area contributed by atoms with Crippen LogP contribution in [0.4, 0.5) is 13.2 Å². The van der Waals surface area contributed by atoms with Crippen molar-refractivity contribution >= 4 is 29.9 Å². The van der Waals surface area contributed by atoms with Crippen molar-refractivity contribution in [3.8, 4) is 0 Å². The van der Waals surface area contributed by atoms with Crippen LogP contribution in [-0.4, -0.2) is 57.3 Å². The summed E-state index contributed by atoms with van der Waals surface area (Å²) in [6.45, 7) is 5.36. The number of alkyl halides is 3. The van der Waals surface area contributed by atoms with Crippen molar-refractivity contribution < 1.29 is 13.2 Å². The maximum absolute atomic E-state index is 12.1. The van der Waals surface area contributed by atoms with Crippen LogP contribution in [0.1, 0.15) is 33.1 Å². The van der Waals surface area contributed by atoms with Gasteiger partial charge in [0.2, 0.25) is 0 Å². The van der Waals surface area contributed by atoms with Gasteiger partial charge in [-0.25, -0.2) is 0 Å². The molecule has 0 amide bonds. The molecule has 0 aromatic rings. The molecule has 8 heteroatoms. The second kappa shape index (κ2) is 13.2. The highest BCUT2D eigenvalue weighted by atomic mass is 127. The predicted molar refractivity (Wildman–Crippen MR) is 97.0 cm³/mol. The number of nitrogens with zero attached hydrogens (tertiary/aromatic N) is 2. The van der Waals surface area contributed by atoms with Crippen molar-refractivity contribution in [2.75, 3.05) is 40.3 Å². The molecule has 0 heterocycles. The smallest absolute Gasteiger partial charge is 0.356 e. The predicted octanol–water partition coefficient (Wildman–Crippen LogP) is 3.09. The van der Waals surface area contributed by atoms with Gasteiger partial charge in [-0.1, -0.05) is 13.8 Å². The zero-order valence-electron chi connectivity index (χ0n) is 14.0. The van der Waals surface area contributed by atoms with Crippen molar-refractivity contribution in [2.45, 2.75) is 39.3 Å². The number of halogens is 4. The van der Waals surface area contributed by atoms with Crippen molar-refractivity contribution in [3.63, 3.8) is 0 Å². The first-order valence-electron chi connectivity index (χ1n) is 7.44.